The second-order valence-electron chi connectivity index (χ2n) is 4.44. The molecule has 0 amide bonds. The molecular formula is C15H20N2O. The third kappa shape index (κ3) is 2.74. The van der Waals surface area contributed by atoms with Crippen molar-refractivity contribution < 1.29 is 5.11 Å². The van der Waals surface area contributed by atoms with Crippen molar-refractivity contribution in [1.82, 2.24) is 4.57 Å². The summed E-state index contributed by atoms with van der Waals surface area (Å²) in [4.78, 5) is 0. The van der Waals surface area contributed by atoms with Crippen LogP contribution in [0.25, 0.3) is 0 Å². The SMILES string of the molecule is CCc1ccc(Nc2cccn2CCO)c(C)c1. The summed E-state index contributed by atoms with van der Waals surface area (Å²) in [6, 6.07) is 10.5. The van der Waals surface area contributed by atoms with Gasteiger partial charge < -0.3 is 15.0 Å². The largest absolute Gasteiger partial charge is 0.395 e. The van der Waals surface area contributed by atoms with Crippen LogP contribution in [-0.2, 0) is 13.0 Å². The highest BCUT2D eigenvalue weighted by Crippen LogP contribution is 2.22. The third-order valence-electron chi connectivity index (χ3n) is 3.13. The van der Waals surface area contributed by atoms with Gasteiger partial charge in [-0.1, -0.05) is 19.1 Å². The number of nitrogens with one attached hydrogen (secondary N) is 1. The number of benzene rings is 1. The normalized spacial score (nSPS) is 10.6. The summed E-state index contributed by atoms with van der Waals surface area (Å²) < 4.78 is 2.01. The molecule has 0 fully saturated rings. The van der Waals surface area contributed by atoms with Crippen LogP contribution in [-0.4, -0.2) is 16.3 Å². The van der Waals surface area contributed by atoms with Crippen LogP contribution in [0.5, 0.6) is 0 Å². The van der Waals surface area contributed by atoms with Gasteiger partial charge in [-0.25, -0.2) is 0 Å². The van der Waals surface area contributed by atoms with E-state index in [9.17, 15) is 0 Å². The van der Waals surface area contributed by atoms with E-state index in [-0.39, 0.29) is 6.61 Å². The van der Waals surface area contributed by atoms with Gasteiger partial charge in [0.05, 0.1) is 6.61 Å². The zero-order valence-corrected chi connectivity index (χ0v) is 11.0. The van der Waals surface area contributed by atoms with Crippen LogP contribution in [0.3, 0.4) is 0 Å². The highest BCUT2D eigenvalue weighted by Gasteiger charge is 2.03. The molecule has 3 nitrogen and oxygen atoms in total. The Morgan fingerprint density at radius 1 is 1.28 bits per heavy atom. The van der Waals surface area contributed by atoms with Gasteiger partial charge in [0.25, 0.3) is 0 Å². The number of hydrogen-bond acceptors (Lipinski definition) is 2. The van der Waals surface area contributed by atoms with Crippen LogP contribution in [0.2, 0.25) is 0 Å². The maximum Gasteiger partial charge on any atom is 0.110 e. The van der Waals surface area contributed by atoms with Crippen molar-refractivity contribution >= 4 is 11.5 Å². The van der Waals surface area contributed by atoms with E-state index in [2.05, 4.69) is 37.4 Å². The van der Waals surface area contributed by atoms with Gasteiger partial charge in [0.2, 0.25) is 0 Å². The van der Waals surface area contributed by atoms with Crippen molar-refractivity contribution in [3.05, 3.63) is 47.7 Å². The Balaban J connectivity index is 2.20. The minimum Gasteiger partial charge on any atom is -0.395 e. The minimum atomic E-state index is 0.150. The Labute approximate surface area is 108 Å². The zero-order chi connectivity index (χ0) is 13.0. The molecule has 0 radical (unpaired) electrons. The van der Waals surface area contributed by atoms with Gasteiger partial charge in [-0.3, -0.25) is 0 Å². The number of nitrogens with zero attached hydrogens (tertiary/aromatic N) is 1. The summed E-state index contributed by atoms with van der Waals surface area (Å²) in [5.41, 5.74) is 3.71. The smallest absolute Gasteiger partial charge is 0.110 e. The molecule has 0 spiro atoms. The molecule has 0 saturated carbocycles. The summed E-state index contributed by atoms with van der Waals surface area (Å²) in [6.07, 6.45) is 3.02. The Morgan fingerprint density at radius 2 is 2.11 bits per heavy atom. The van der Waals surface area contributed by atoms with Gasteiger partial charge in [-0.15, -0.1) is 0 Å². The van der Waals surface area contributed by atoms with Gasteiger partial charge >= 0.3 is 0 Å². The number of aryl methyl sites for hydroxylation is 2. The molecule has 1 heterocycles. The molecule has 0 saturated heterocycles. The van der Waals surface area contributed by atoms with E-state index >= 15 is 0 Å². The fraction of sp³-hybridized carbons (Fsp3) is 0.333. The fourth-order valence-electron chi connectivity index (χ4n) is 2.05. The molecule has 96 valence electrons. The van der Waals surface area contributed by atoms with Gasteiger partial charge in [-0.2, -0.15) is 0 Å². The van der Waals surface area contributed by atoms with Crippen LogP contribution >= 0.6 is 0 Å². The van der Waals surface area contributed by atoms with Crippen LogP contribution < -0.4 is 5.32 Å². The third-order valence-corrected chi connectivity index (χ3v) is 3.13. The highest BCUT2D eigenvalue weighted by atomic mass is 16.3. The first-order valence-electron chi connectivity index (χ1n) is 6.37. The summed E-state index contributed by atoms with van der Waals surface area (Å²) in [7, 11) is 0. The summed E-state index contributed by atoms with van der Waals surface area (Å²) in [6.45, 7) is 5.04. The molecule has 1 aromatic carbocycles. The molecule has 3 heteroatoms. The van der Waals surface area contributed by atoms with Crippen molar-refractivity contribution in [3.8, 4) is 0 Å². The molecule has 18 heavy (non-hydrogen) atoms. The first kappa shape index (κ1) is 12.7. The molecule has 0 atom stereocenters. The van der Waals surface area contributed by atoms with Crippen LogP contribution in [0.4, 0.5) is 11.5 Å². The van der Waals surface area contributed by atoms with E-state index < -0.39 is 0 Å². The van der Waals surface area contributed by atoms with Gasteiger partial charge in [-0.05, 0) is 42.7 Å². The molecule has 2 N–H and O–H groups in total. The molecule has 0 bridgehead atoms. The van der Waals surface area contributed by atoms with E-state index in [1.807, 2.05) is 22.9 Å². The molecule has 0 aliphatic rings. The van der Waals surface area contributed by atoms with Crippen molar-refractivity contribution in [2.75, 3.05) is 11.9 Å². The lowest BCUT2D eigenvalue weighted by atomic mass is 10.1. The molecular weight excluding hydrogens is 224 g/mol. The Kier molecular flexibility index (Phi) is 4.05. The molecule has 0 unspecified atom stereocenters. The number of hydrogen-bond donors (Lipinski definition) is 2. The number of anilines is 2. The van der Waals surface area contributed by atoms with Gasteiger partial charge in [0.1, 0.15) is 5.82 Å². The van der Waals surface area contributed by atoms with Gasteiger partial charge in [0.15, 0.2) is 0 Å². The van der Waals surface area contributed by atoms with Crippen molar-refractivity contribution in [1.29, 1.82) is 0 Å². The predicted octanol–water partition coefficient (Wildman–Crippen LogP) is 3.09. The highest BCUT2D eigenvalue weighted by molar-refractivity contribution is 5.61. The Bertz CT molecular complexity index is 517. The zero-order valence-electron chi connectivity index (χ0n) is 11.0. The van der Waals surface area contributed by atoms with E-state index in [1.165, 1.54) is 11.1 Å². The molecule has 2 rings (SSSR count). The second kappa shape index (κ2) is 5.74. The van der Waals surface area contributed by atoms with E-state index in [0.717, 1.165) is 17.9 Å². The average molecular weight is 244 g/mol. The van der Waals surface area contributed by atoms with Crippen LogP contribution in [0, 0.1) is 6.92 Å². The standard InChI is InChI=1S/C15H20N2O/c1-3-13-6-7-14(12(2)11-13)16-15-5-4-8-17(15)9-10-18/h4-8,11,16,18H,3,9-10H2,1-2H3. The number of aliphatic hydroxyl groups excluding tert-OH is 1. The maximum absolute atomic E-state index is 9.00. The van der Waals surface area contributed by atoms with Crippen molar-refractivity contribution in [3.63, 3.8) is 0 Å². The lowest BCUT2D eigenvalue weighted by Gasteiger charge is -2.13. The number of aromatic nitrogens is 1. The van der Waals surface area contributed by atoms with E-state index in [0.29, 0.717) is 6.54 Å². The van der Waals surface area contributed by atoms with E-state index in [1.54, 1.807) is 0 Å². The minimum absolute atomic E-state index is 0.150. The van der Waals surface area contributed by atoms with Crippen LogP contribution in [0.1, 0.15) is 18.1 Å². The molecule has 0 aliphatic carbocycles. The Morgan fingerprint density at radius 3 is 2.78 bits per heavy atom. The second-order valence-corrected chi connectivity index (χ2v) is 4.44. The predicted molar refractivity (Wildman–Crippen MR) is 75.4 cm³/mol. The first-order valence-corrected chi connectivity index (χ1v) is 6.37. The van der Waals surface area contributed by atoms with E-state index in [4.69, 9.17) is 5.11 Å². The molecule has 0 aliphatic heterocycles. The summed E-state index contributed by atoms with van der Waals surface area (Å²) in [5, 5.41) is 12.4. The molecule has 2 aromatic rings. The lowest BCUT2D eigenvalue weighted by Crippen LogP contribution is -2.05. The Hall–Kier alpha value is -1.74. The number of aliphatic hydroxyl groups is 1. The van der Waals surface area contributed by atoms with Crippen LogP contribution in [0.15, 0.2) is 36.5 Å². The van der Waals surface area contributed by atoms with Crippen molar-refractivity contribution in [2.45, 2.75) is 26.8 Å². The topological polar surface area (TPSA) is 37.2 Å². The monoisotopic (exact) mass is 244 g/mol. The number of rotatable bonds is 5. The quantitative estimate of drug-likeness (QED) is 0.848. The van der Waals surface area contributed by atoms with Gasteiger partial charge in [0, 0.05) is 18.4 Å². The van der Waals surface area contributed by atoms with Crippen molar-refractivity contribution in [2.24, 2.45) is 0 Å². The summed E-state index contributed by atoms with van der Waals surface area (Å²) >= 11 is 0. The first-order chi connectivity index (χ1) is 8.74. The summed E-state index contributed by atoms with van der Waals surface area (Å²) in [5.74, 6) is 1.01. The molecule has 1 aromatic heterocycles. The maximum atomic E-state index is 9.00. The lowest BCUT2D eigenvalue weighted by molar-refractivity contribution is 0.277. The fourth-order valence-corrected chi connectivity index (χ4v) is 2.05. The average Bonchev–Trinajstić information content (AvgIpc) is 2.80.